The number of hydrogen-bond acceptors (Lipinski definition) is 6. The Balaban J connectivity index is 1.59. The van der Waals surface area contributed by atoms with Gasteiger partial charge in [-0.1, -0.05) is 0 Å². The second-order valence-corrected chi connectivity index (χ2v) is 6.49. The SMILES string of the molecule is O=C(NCc1nccs1)c1csc(N2CCCCC2)n1. The minimum Gasteiger partial charge on any atom is -0.348 e. The zero-order valence-corrected chi connectivity index (χ0v) is 12.7. The van der Waals surface area contributed by atoms with Gasteiger partial charge in [-0.25, -0.2) is 9.97 Å². The molecule has 20 heavy (non-hydrogen) atoms. The fourth-order valence-electron chi connectivity index (χ4n) is 2.19. The molecule has 5 nitrogen and oxygen atoms in total. The van der Waals surface area contributed by atoms with E-state index >= 15 is 0 Å². The lowest BCUT2D eigenvalue weighted by Crippen LogP contribution is -2.29. The van der Waals surface area contributed by atoms with Gasteiger partial charge in [-0.15, -0.1) is 22.7 Å². The van der Waals surface area contributed by atoms with E-state index in [0.29, 0.717) is 12.2 Å². The van der Waals surface area contributed by atoms with E-state index in [-0.39, 0.29) is 5.91 Å². The fraction of sp³-hybridized carbons (Fsp3) is 0.462. The Kier molecular flexibility index (Phi) is 4.27. The first-order valence-electron chi connectivity index (χ1n) is 6.70. The molecular weight excluding hydrogens is 292 g/mol. The maximum Gasteiger partial charge on any atom is 0.271 e. The van der Waals surface area contributed by atoms with Crippen LogP contribution in [0.4, 0.5) is 5.13 Å². The molecule has 0 atom stereocenters. The van der Waals surface area contributed by atoms with E-state index in [2.05, 4.69) is 20.2 Å². The van der Waals surface area contributed by atoms with Crippen LogP contribution in [0.2, 0.25) is 0 Å². The molecule has 0 saturated carbocycles. The number of nitrogens with zero attached hydrogens (tertiary/aromatic N) is 3. The molecule has 1 amide bonds. The van der Waals surface area contributed by atoms with E-state index in [1.165, 1.54) is 30.6 Å². The summed E-state index contributed by atoms with van der Waals surface area (Å²) in [6.07, 6.45) is 5.46. The summed E-state index contributed by atoms with van der Waals surface area (Å²) in [7, 11) is 0. The normalized spacial score (nSPS) is 15.3. The lowest BCUT2D eigenvalue weighted by atomic mass is 10.1. The van der Waals surface area contributed by atoms with Gasteiger partial charge in [0.15, 0.2) is 5.13 Å². The van der Waals surface area contributed by atoms with Crippen LogP contribution < -0.4 is 10.2 Å². The highest BCUT2D eigenvalue weighted by Gasteiger charge is 2.17. The molecule has 0 aromatic carbocycles. The standard InChI is InChI=1S/C13H16N4OS2/c18-12(15-8-11-14-4-7-19-11)10-9-20-13(16-10)17-5-2-1-3-6-17/h4,7,9H,1-3,5-6,8H2,(H,15,18). The topological polar surface area (TPSA) is 58.1 Å². The van der Waals surface area contributed by atoms with Crippen molar-refractivity contribution in [2.24, 2.45) is 0 Å². The molecule has 2 aromatic rings. The zero-order chi connectivity index (χ0) is 13.8. The number of hydrogen-bond donors (Lipinski definition) is 1. The molecule has 2 aromatic heterocycles. The Hall–Kier alpha value is -1.47. The first-order valence-corrected chi connectivity index (χ1v) is 8.46. The fourth-order valence-corrected chi connectivity index (χ4v) is 3.60. The number of amides is 1. The van der Waals surface area contributed by atoms with E-state index in [9.17, 15) is 4.79 Å². The summed E-state index contributed by atoms with van der Waals surface area (Å²) in [5, 5.41) is 8.46. The summed E-state index contributed by atoms with van der Waals surface area (Å²) in [5.74, 6) is -0.125. The number of piperidine rings is 1. The number of rotatable bonds is 4. The summed E-state index contributed by atoms with van der Waals surface area (Å²) in [4.78, 5) is 22.9. The van der Waals surface area contributed by atoms with Gasteiger partial charge in [0.1, 0.15) is 10.7 Å². The van der Waals surface area contributed by atoms with E-state index in [4.69, 9.17) is 0 Å². The van der Waals surface area contributed by atoms with E-state index in [1.54, 1.807) is 17.5 Å². The number of aromatic nitrogens is 2. The number of nitrogens with one attached hydrogen (secondary N) is 1. The number of carbonyl (C=O) groups is 1. The van der Waals surface area contributed by atoms with Crippen LogP contribution in [0.25, 0.3) is 0 Å². The minimum absolute atomic E-state index is 0.125. The quantitative estimate of drug-likeness (QED) is 0.943. The Morgan fingerprint density at radius 2 is 2.15 bits per heavy atom. The van der Waals surface area contributed by atoms with Crippen molar-refractivity contribution in [2.75, 3.05) is 18.0 Å². The molecule has 7 heteroatoms. The minimum atomic E-state index is -0.125. The van der Waals surface area contributed by atoms with Crippen LogP contribution >= 0.6 is 22.7 Å². The van der Waals surface area contributed by atoms with Gasteiger partial charge in [-0.05, 0) is 19.3 Å². The molecule has 0 aliphatic carbocycles. The highest BCUT2D eigenvalue weighted by atomic mass is 32.1. The maximum atomic E-state index is 12.0. The van der Waals surface area contributed by atoms with Crippen molar-refractivity contribution < 1.29 is 4.79 Å². The van der Waals surface area contributed by atoms with Crippen LogP contribution in [-0.2, 0) is 6.54 Å². The van der Waals surface area contributed by atoms with Gasteiger partial charge in [0.25, 0.3) is 5.91 Å². The molecule has 3 heterocycles. The molecule has 1 N–H and O–H groups in total. The van der Waals surface area contributed by atoms with Gasteiger partial charge in [-0.2, -0.15) is 0 Å². The largest absolute Gasteiger partial charge is 0.348 e. The third kappa shape index (κ3) is 3.16. The van der Waals surface area contributed by atoms with Gasteiger partial charge >= 0.3 is 0 Å². The Bertz CT molecular complexity index is 561. The van der Waals surface area contributed by atoms with E-state index < -0.39 is 0 Å². The van der Waals surface area contributed by atoms with Gasteiger partial charge in [0, 0.05) is 30.0 Å². The predicted molar refractivity (Wildman–Crippen MR) is 81.5 cm³/mol. The molecular formula is C13H16N4OS2. The van der Waals surface area contributed by atoms with Crippen LogP contribution in [0.15, 0.2) is 17.0 Å². The lowest BCUT2D eigenvalue weighted by molar-refractivity contribution is 0.0946. The average molecular weight is 308 g/mol. The Labute approximate surface area is 125 Å². The number of anilines is 1. The molecule has 1 aliphatic heterocycles. The first-order chi connectivity index (χ1) is 9.83. The van der Waals surface area contributed by atoms with Crippen LogP contribution in [0.3, 0.4) is 0 Å². The molecule has 0 unspecified atom stereocenters. The van der Waals surface area contributed by atoms with Crippen molar-refractivity contribution in [3.05, 3.63) is 27.7 Å². The summed E-state index contributed by atoms with van der Waals surface area (Å²) >= 11 is 3.08. The van der Waals surface area contributed by atoms with Crippen molar-refractivity contribution in [3.63, 3.8) is 0 Å². The molecule has 0 bridgehead atoms. The monoisotopic (exact) mass is 308 g/mol. The van der Waals surface area contributed by atoms with Crippen LogP contribution in [-0.4, -0.2) is 29.0 Å². The molecule has 1 fully saturated rings. The molecule has 0 spiro atoms. The average Bonchev–Trinajstić information content (AvgIpc) is 3.17. The summed E-state index contributed by atoms with van der Waals surface area (Å²) < 4.78 is 0. The van der Waals surface area contributed by atoms with Crippen molar-refractivity contribution in [1.82, 2.24) is 15.3 Å². The van der Waals surface area contributed by atoms with Crippen LogP contribution in [0.5, 0.6) is 0 Å². The molecule has 0 radical (unpaired) electrons. The number of carbonyl (C=O) groups excluding carboxylic acids is 1. The summed E-state index contributed by atoms with van der Waals surface area (Å²) in [5.41, 5.74) is 0.507. The molecule has 106 valence electrons. The van der Waals surface area contributed by atoms with Gasteiger partial charge < -0.3 is 10.2 Å². The summed E-state index contributed by atoms with van der Waals surface area (Å²) in [6, 6.07) is 0. The predicted octanol–water partition coefficient (Wildman–Crippen LogP) is 2.52. The highest BCUT2D eigenvalue weighted by Crippen LogP contribution is 2.23. The molecule has 3 rings (SSSR count). The third-order valence-corrected chi connectivity index (χ3v) is 4.92. The highest BCUT2D eigenvalue weighted by molar-refractivity contribution is 7.14. The second kappa shape index (κ2) is 6.32. The third-order valence-electron chi connectivity index (χ3n) is 3.23. The van der Waals surface area contributed by atoms with Gasteiger partial charge in [0.2, 0.25) is 0 Å². The molecule has 1 saturated heterocycles. The summed E-state index contributed by atoms with van der Waals surface area (Å²) in [6.45, 7) is 2.56. The number of thiazole rings is 2. The van der Waals surface area contributed by atoms with Crippen LogP contribution in [0.1, 0.15) is 34.8 Å². The van der Waals surface area contributed by atoms with E-state index in [1.807, 2.05) is 10.8 Å². The second-order valence-electron chi connectivity index (χ2n) is 4.67. The van der Waals surface area contributed by atoms with Gasteiger partial charge in [-0.3, -0.25) is 4.79 Å². The van der Waals surface area contributed by atoms with Crippen molar-refractivity contribution in [3.8, 4) is 0 Å². The Morgan fingerprint density at radius 1 is 1.30 bits per heavy atom. The van der Waals surface area contributed by atoms with Crippen LogP contribution in [0, 0.1) is 0 Å². The first kappa shape index (κ1) is 13.5. The van der Waals surface area contributed by atoms with Crippen molar-refractivity contribution in [2.45, 2.75) is 25.8 Å². The maximum absolute atomic E-state index is 12.0. The van der Waals surface area contributed by atoms with Crippen molar-refractivity contribution in [1.29, 1.82) is 0 Å². The smallest absolute Gasteiger partial charge is 0.271 e. The van der Waals surface area contributed by atoms with E-state index in [0.717, 1.165) is 23.2 Å². The lowest BCUT2D eigenvalue weighted by Gasteiger charge is -2.25. The van der Waals surface area contributed by atoms with Crippen molar-refractivity contribution >= 4 is 33.7 Å². The molecule has 1 aliphatic rings. The van der Waals surface area contributed by atoms with Gasteiger partial charge in [0.05, 0.1) is 6.54 Å². The Morgan fingerprint density at radius 3 is 2.90 bits per heavy atom. The zero-order valence-electron chi connectivity index (χ0n) is 11.0.